The van der Waals surface area contributed by atoms with Crippen LogP contribution in [0.25, 0.3) is 0 Å². The number of hydrogen-bond acceptors (Lipinski definition) is 6. The molecule has 0 fully saturated rings. The minimum absolute atomic E-state index is 0.0160. The predicted octanol–water partition coefficient (Wildman–Crippen LogP) is 15.1. The lowest BCUT2D eigenvalue weighted by Gasteiger charge is -2.30. The number of aliphatic hydroxyl groups is 1. The lowest BCUT2D eigenvalue weighted by Crippen LogP contribution is -2.46. The molecule has 0 aliphatic heterocycles. The Kier molecular flexibility index (Phi) is 44.3. The molecule has 3 unspecified atom stereocenters. The summed E-state index contributed by atoms with van der Waals surface area (Å²) in [6.07, 6.45) is 51.5. The summed E-state index contributed by atoms with van der Waals surface area (Å²) >= 11 is 0. The molecule has 0 aromatic heterocycles. The van der Waals surface area contributed by atoms with Crippen molar-refractivity contribution >= 4 is 13.7 Å². The third kappa shape index (κ3) is 47.3. The molecule has 0 aromatic rings. The monoisotopic (exact) mass is 887 g/mol. The molecule has 0 aliphatic rings. The van der Waals surface area contributed by atoms with E-state index in [2.05, 4.69) is 19.2 Å². The quantitative estimate of drug-likeness (QED) is 0.0358. The van der Waals surface area contributed by atoms with Crippen LogP contribution in [0.4, 0.5) is 0 Å². The number of carbonyl (C=O) groups is 1. The van der Waals surface area contributed by atoms with Gasteiger partial charge in [-0.25, -0.2) is 0 Å². The first kappa shape index (κ1) is 60.5. The van der Waals surface area contributed by atoms with E-state index >= 15 is 0 Å². The summed E-state index contributed by atoms with van der Waals surface area (Å²) in [5.74, 6) is -0.164. The lowest BCUT2D eigenvalue weighted by molar-refractivity contribution is -0.870. The van der Waals surface area contributed by atoms with Crippen LogP contribution in [0, 0.1) is 0 Å². The van der Waals surface area contributed by atoms with E-state index in [-0.39, 0.29) is 19.1 Å². The Hall–Kier alpha value is -0.500. The summed E-state index contributed by atoms with van der Waals surface area (Å²) in [7, 11) is 1.32. The van der Waals surface area contributed by atoms with Crippen LogP contribution in [0.5, 0.6) is 0 Å². The minimum atomic E-state index is -4.56. The van der Waals surface area contributed by atoms with Crippen LogP contribution in [0.3, 0.4) is 0 Å². The number of phosphoric acid groups is 1. The number of nitrogens with one attached hydrogen (secondary N) is 1. The highest BCUT2D eigenvalue weighted by Crippen LogP contribution is 2.38. The van der Waals surface area contributed by atoms with Gasteiger partial charge in [0.2, 0.25) is 5.91 Å². The maximum atomic E-state index is 12.8. The van der Waals surface area contributed by atoms with Gasteiger partial charge in [-0.3, -0.25) is 9.36 Å². The van der Waals surface area contributed by atoms with Crippen molar-refractivity contribution in [2.24, 2.45) is 0 Å². The van der Waals surface area contributed by atoms with E-state index < -0.39 is 20.0 Å². The van der Waals surface area contributed by atoms with E-state index in [1.807, 2.05) is 21.1 Å². The van der Waals surface area contributed by atoms with Gasteiger partial charge >= 0.3 is 0 Å². The molecule has 8 nitrogen and oxygen atoms in total. The molecule has 0 rings (SSSR count). The lowest BCUT2D eigenvalue weighted by atomic mass is 10.0. The van der Waals surface area contributed by atoms with Gasteiger partial charge in [0, 0.05) is 6.42 Å². The van der Waals surface area contributed by atoms with Gasteiger partial charge in [0.25, 0.3) is 7.82 Å². The van der Waals surface area contributed by atoms with Gasteiger partial charge in [-0.1, -0.05) is 258 Å². The van der Waals surface area contributed by atoms with E-state index in [0.717, 1.165) is 38.5 Å². The zero-order valence-electron chi connectivity index (χ0n) is 41.7. The molecule has 0 aliphatic carbocycles. The van der Waals surface area contributed by atoms with Crippen molar-refractivity contribution in [2.45, 2.75) is 289 Å². The largest absolute Gasteiger partial charge is 0.756 e. The van der Waals surface area contributed by atoms with Crippen molar-refractivity contribution in [2.75, 3.05) is 40.9 Å². The van der Waals surface area contributed by atoms with Crippen LogP contribution >= 0.6 is 7.82 Å². The van der Waals surface area contributed by atoms with Crippen LogP contribution in [0.2, 0.25) is 0 Å². The van der Waals surface area contributed by atoms with E-state index in [1.165, 1.54) is 212 Å². The van der Waals surface area contributed by atoms with Crippen molar-refractivity contribution in [1.29, 1.82) is 0 Å². The Morgan fingerprint density at radius 2 is 0.803 bits per heavy atom. The number of amides is 1. The predicted molar refractivity (Wildman–Crippen MR) is 261 cm³/mol. The average molecular weight is 887 g/mol. The average Bonchev–Trinajstić information content (AvgIpc) is 3.21. The first-order valence-corrected chi connectivity index (χ1v) is 28.3. The Morgan fingerprint density at radius 1 is 0.508 bits per heavy atom. The highest BCUT2D eigenvalue weighted by molar-refractivity contribution is 7.45. The molecule has 0 radical (unpaired) electrons. The molecule has 1 amide bonds. The van der Waals surface area contributed by atoms with Gasteiger partial charge in [-0.05, 0) is 12.8 Å². The third-order valence-electron chi connectivity index (χ3n) is 12.6. The highest BCUT2D eigenvalue weighted by atomic mass is 31.2. The molecule has 366 valence electrons. The number of phosphoric ester groups is 1. The second-order valence-corrected chi connectivity index (χ2v) is 21.4. The van der Waals surface area contributed by atoms with Crippen molar-refractivity contribution in [3.05, 3.63) is 0 Å². The zero-order chi connectivity index (χ0) is 45.0. The van der Waals surface area contributed by atoms with Crippen LogP contribution in [0.1, 0.15) is 277 Å². The topological polar surface area (TPSA) is 108 Å². The second kappa shape index (κ2) is 44.7. The first-order valence-electron chi connectivity index (χ1n) is 26.9. The van der Waals surface area contributed by atoms with Crippen LogP contribution in [-0.4, -0.2) is 68.5 Å². The first-order chi connectivity index (χ1) is 29.5. The Bertz CT molecular complexity index is 963. The molecule has 61 heavy (non-hydrogen) atoms. The number of rotatable bonds is 50. The summed E-state index contributed by atoms with van der Waals surface area (Å²) in [6, 6.07) is -0.793. The van der Waals surface area contributed by atoms with Gasteiger partial charge in [0.05, 0.1) is 39.9 Å². The van der Waals surface area contributed by atoms with Gasteiger partial charge < -0.3 is 28.8 Å². The van der Waals surface area contributed by atoms with Crippen LogP contribution in [-0.2, 0) is 18.4 Å². The fourth-order valence-corrected chi connectivity index (χ4v) is 9.06. The summed E-state index contributed by atoms with van der Waals surface area (Å²) in [4.78, 5) is 25.3. The smallest absolute Gasteiger partial charge is 0.268 e. The molecule has 0 spiro atoms. The molecule has 0 saturated heterocycles. The molecule has 0 aromatic carbocycles. The van der Waals surface area contributed by atoms with Crippen molar-refractivity contribution in [3.8, 4) is 0 Å². The number of hydrogen-bond donors (Lipinski definition) is 2. The summed E-state index contributed by atoms with van der Waals surface area (Å²) < 4.78 is 23.3. The Balaban J connectivity index is 3.94. The number of aliphatic hydroxyl groups excluding tert-OH is 1. The number of quaternary nitrogens is 1. The second-order valence-electron chi connectivity index (χ2n) is 20.0. The van der Waals surface area contributed by atoms with Crippen molar-refractivity contribution < 1.29 is 32.9 Å². The fourth-order valence-electron chi connectivity index (χ4n) is 8.34. The summed E-state index contributed by atoms with van der Waals surface area (Å²) in [6.45, 7) is 4.73. The van der Waals surface area contributed by atoms with Crippen molar-refractivity contribution in [3.63, 3.8) is 0 Å². The minimum Gasteiger partial charge on any atom is -0.756 e. The highest BCUT2D eigenvalue weighted by Gasteiger charge is 2.24. The number of likely N-dealkylation sites (N-methyl/N-ethyl adjacent to an activating group) is 1. The molecule has 2 N–H and O–H groups in total. The number of unbranched alkanes of at least 4 members (excludes halogenated alkanes) is 37. The molecule has 0 heterocycles. The normalized spacial score (nSPS) is 14.0. The maximum Gasteiger partial charge on any atom is 0.268 e. The van der Waals surface area contributed by atoms with Crippen molar-refractivity contribution in [1.82, 2.24) is 5.32 Å². The van der Waals surface area contributed by atoms with Crippen LogP contribution in [0.15, 0.2) is 0 Å². The molecular weight excluding hydrogens is 780 g/mol. The summed E-state index contributed by atoms with van der Waals surface area (Å²) in [5, 5.41) is 13.9. The number of carbonyl (C=O) groups excluding carboxylic acids is 1. The Labute approximate surface area is 380 Å². The van der Waals surface area contributed by atoms with E-state index in [4.69, 9.17) is 9.05 Å². The zero-order valence-corrected chi connectivity index (χ0v) is 42.5. The molecular formula is C52H107N2O6P. The Morgan fingerprint density at radius 3 is 1.11 bits per heavy atom. The maximum absolute atomic E-state index is 12.8. The molecule has 9 heteroatoms. The SMILES string of the molecule is CCCCCCCCCCCCCCCCCCCCCCCCCCCCCCCCC(O)C(COP(=O)([O-])OCC[N+](C)(C)C)NC(=O)CCCCCCCCCCC. The van der Waals surface area contributed by atoms with E-state index in [0.29, 0.717) is 23.9 Å². The standard InChI is InChI=1S/C52H107N2O6P/c1-6-8-10-12-14-16-17-18-19-20-21-22-23-24-25-26-27-28-29-30-31-32-33-34-35-36-38-39-41-43-45-51(55)50(49-60-61(57,58)59-48-47-54(3,4)5)53-52(56)46-44-42-40-37-15-13-11-9-7-2/h50-51,55H,6-49H2,1-5H3,(H-,53,56,57,58). The van der Waals surface area contributed by atoms with Gasteiger partial charge in [-0.2, -0.15) is 0 Å². The van der Waals surface area contributed by atoms with E-state index in [1.54, 1.807) is 0 Å². The molecule has 0 bridgehead atoms. The summed E-state index contributed by atoms with van der Waals surface area (Å²) in [5.41, 5.74) is 0. The van der Waals surface area contributed by atoms with Gasteiger partial charge in [0.1, 0.15) is 13.2 Å². The number of nitrogens with zero attached hydrogens (tertiary/aromatic N) is 1. The molecule has 0 saturated carbocycles. The van der Waals surface area contributed by atoms with Gasteiger partial charge in [-0.15, -0.1) is 0 Å². The fraction of sp³-hybridized carbons (Fsp3) is 0.981. The third-order valence-corrected chi connectivity index (χ3v) is 13.6. The van der Waals surface area contributed by atoms with Gasteiger partial charge in [0.15, 0.2) is 0 Å². The molecule has 3 atom stereocenters. The van der Waals surface area contributed by atoms with E-state index in [9.17, 15) is 19.4 Å². The van der Waals surface area contributed by atoms with Crippen LogP contribution < -0.4 is 10.2 Å².